The van der Waals surface area contributed by atoms with Crippen LogP contribution in [0.5, 0.6) is 5.75 Å². The predicted molar refractivity (Wildman–Crippen MR) is 65.9 cm³/mol. The summed E-state index contributed by atoms with van der Waals surface area (Å²) in [6.45, 7) is 0.300. The first kappa shape index (κ1) is 14.3. The number of ether oxygens (including phenoxy) is 2. The molecule has 0 aromatic heterocycles. The Kier molecular flexibility index (Phi) is 5.71. The first-order chi connectivity index (χ1) is 8.04. The van der Waals surface area contributed by atoms with E-state index >= 15 is 0 Å². The second-order valence-electron chi connectivity index (χ2n) is 3.22. The van der Waals surface area contributed by atoms with Crippen LogP contribution in [0.3, 0.4) is 0 Å². The SMILES string of the molecule is COC(=O)CCCOc1cc(F)c(Cl)cc1Br. The molecule has 1 rings (SSSR count). The monoisotopic (exact) mass is 324 g/mol. The third-order valence-corrected chi connectivity index (χ3v) is 2.89. The van der Waals surface area contributed by atoms with E-state index in [0.717, 1.165) is 0 Å². The molecular formula is C11H11BrClFO3. The van der Waals surface area contributed by atoms with E-state index in [2.05, 4.69) is 20.7 Å². The summed E-state index contributed by atoms with van der Waals surface area (Å²) >= 11 is 8.79. The molecule has 0 saturated carbocycles. The van der Waals surface area contributed by atoms with Gasteiger partial charge < -0.3 is 9.47 Å². The van der Waals surface area contributed by atoms with Gasteiger partial charge in [0.25, 0.3) is 0 Å². The van der Waals surface area contributed by atoms with Crippen molar-refractivity contribution in [2.45, 2.75) is 12.8 Å². The van der Waals surface area contributed by atoms with Crippen LogP contribution >= 0.6 is 27.5 Å². The number of carbonyl (C=O) groups is 1. The number of hydrogen-bond donors (Lipinski definition) is 0. The Morgan fingerprint density at radius 1 is 1.53 bits per heavy atom. The summed E-state index contributed by atoms with van der Waals surface area (Å²) in [5.41, 5.74) is 0. The minimum Gasteiger partial charge on any atom is -0.492 e. The molecule has 94 valence electrons. The number of methoxy groups -OCH3 is 1. The van der Waals surface area contributed by atoms with Gasteiger partial charge in [-0.3, -0.25) is 4.79 Å². The van der Waals surface area contributed by atoms with E-state index in [0.29, 0.717) is 23.2 Å². The van der Waals surface area contributed by atoms with Crippen LogP contribution in [0.25, 0.3) is 0 Å². The Bertz CT molecular complexity index is 412. The van der Waals surface area contributed by atoms with Gasteiger partial charge in [-0.1, -0.05) is 11.6 Å². The number of hydrogen-bond acceptors (Lipinski definition) is 3. The van der Waals surface area contributed by atoms with E-state index in [4.69, 9.17) is 16.3 Å². The molecule has 6 heteroatoms. The molecule has 0 N–H and O–H groups in total. The molecule has 3 nitrogen and oxygen atoms in total. The fourth-order valence-electron chi connectivity index (χ4n) is 1.12. The number of benzene rings is 1. The van der Waals surface area contributed by atoms with E-state index < -0.39 is 5.82 Å². The lowest BCUT2D eigenvalue weighted by molar-refractivity contribution is -0.140. The Hall–Kier alpha value is -0.810. The molecule has 0 fully saturated rings. The molecule has 0 amide bonds. The Morgan fingerprint density at radius 3 is 2.88 bits per heavy atom. The van der Waals surface area contributed by atoms with E-state index in [1.807, 2.05) is 0 Å². The Balaban J connectivity index is 2.47. The number of halogens is 3. The van der Waals surface area contributed by atoms with Crippen LogP contribution in [0, 0.1) is 5.82 Å². The van der Waals surface area contributed by atoms with Gasteiger partial charge in [-0.05, 0) is 28.4 Å². The molecule has 0 heterocycles. The fraction of sp³-hybridized carbons (Fsp3) is 0.364. The fourth-order valence-corrected chi connectivity index (χ4v) is 1.87. The summed E-state index contributed by atoms with van der Waals surface area (Å²) < 4.78 is 23.5. The molecule has 0 aliphatic heterocycles. The minimum absolute atomic E-state index is 0.0267. The number of rotatable bonds is 5. The van der Waals surface area contributed by atoms with Gasteiger partial charge in [0.15, 0.2) is 0 Å². The van der Waals surface area contributed by atoms with Crippen molar-refractivity contribution in [1.82, 2.24) is 0 Å². The number of carbonyl (C=O) groups excluding carboxylic acids is 1. The van der Waals surface area contributed by atoms with E-state index in [1.54, 1.807) is 0 Å². The maximum atomic E-state index is 13.1. The van der Waals surface area contributed by atoms with E-state index in [9.17, 15) is 9.18 Å². The van der Waals surface area contributed by atoms with Crippen LogP contribution in [0.1, 0.15) is 12.8 Å². The van der Waals surface area contributed by atoms with Crippen LogP contribution in [0.2, 0.25) is 5.02 Å². The van der Waals surface area contributed by atoms with Crippen LogP contribution in [-0.4, -0.2) is 19.7 Å². The average Bonchev–Trinajstić information content (AvgIpc) is 2.30. The average molecular weight is 326 g/mol. The quantitative estimate of drug-likeness (QED) is 0.471. The third-order valence-electron chi connectivity index (χ3n) is 1.99. The highest BCUT2D eigenvalue weighted by molar-refractivity contribution is 9.10. The normalized spacial score (nSPS) is 10.1. The lowest BCUT2D eigenvalue weighted by Gasteiger charge is -2.08. The minimum atomic E-state index is -0.544. The van der Waals surface area contributed by atoms with Crippen molar-refractivity contribution < 1.29 is 18.7 Å². The molecule has 0 bridgehead atoms. The summed E-state index contributed by atoms with van der Waals surface area (Å²) in [6, 6.07) is 2.62. The molecular weight excluding hydrogens is 314 g/mol. The topological polar surface area (TPSA) is 35.5 Å². The molecule has 0 radical (unpaired) electrons. The van der Waals surface area contributed by atoms with E-state index in [-0.39, 0.29) is 17.4 Å². The van der Waals surface area contributed by atoms with Crippen LogP contribution in [0.4, 0.5) is 4.39 Å². The van der Waals surface area contributed by atoms with Gasteiger partial charge >= 0.3 is 5.97 Å². The molecule has 0 saturated heterocycles. The summed E-state index contributed by atoms with van der Waals surface area (Å²) in [5.74, 6) is -0.482. The first-order valence-corrected chi connectivity index (χ1v) is 6.06. The zero-order chi connectivity index (χ0) is 12.8. The molecule has 17 heavy (non-hydrogen) atoms. The smallest absolute Gasteiger partial charge is 0.305 e. The standard InChI is InChI=1S/C11H11BrClFO3/c1-16-11(15)3-2-4-17-10-6-9(14)8(13)5-7(10)12/h5-6H,2-4H2,1H3. The molecule has 1 aromatic carbocycles. The van der Waals surface area contributed by atoms with Gasteiger partial charge in [-0.25, -0.2) is 4.39 Å². The van der Waals surface area contributed by atoms with Gasteiger partial charge in [0.1, 0.15) is 11.6 Å². The summed E-state index contributed by atoms with van der Waals surface area (Å²) in [4.78, 5) is 10.8. The molecule has 0 aliphatic carbocycles. The number of esters is 1. The van der Waals surface area contributed by atoms with Crippen LogP contribution in [-0.2, 0) is 9.53 Å². The van der Waals surface area contributed by atoms with Crippen molar-refractivity contribution in [3.63, 3.8) is 0 Å². The van der Waals surface area contributed by atoms with Gasteiger partial charge in [0.2, 0.25) is 0 Å². The molecule has 0 atom stereocenters. The summed E-state index contributed by atoms with van der Waals surface area (Å²) in [7, 11) is 1.33. The van der Waals surface area contributed by atoms with E-state index in [1.165, 1.54) is 19.2 Å². The van der Waals surface area contributed by atoms with Gasteiger partial charge in [-0.15, -0.1) is 0 Å². The molecule has 0 spiro atoms. The first-order valence-electron chi connectivity index (χ1n) is 4.88. The van der Waals surface area contributed by atoms with Crippen molar-refractivity contribution in [2.24, 2.45) is 0 Å². The predicted octanol–water partition coefficient (Wildman–Crippen LogP) is 3.57. The summed E-state index contributed by atoms with van der Waals surface area (Å²) in [6.07, 6.45) is 0.771. The highest BCUT2D eigenvalue weighted by Gasteiger charge is 2.08. The van der Waals surface area contributed by atoms with Crippen LogP contribution in [0.15, 0.2) is 16.6 Å². The largest absolute Gasteiger partial charge is 0.492 e. The molecule has 0 unspecified atom stereocenters. The lowest BCUT2D eigenvalue weighted by Crippen LogP contribution is -2.05. The molecule has 0 aliphatic rings. The zero-order valence-electron chi connectivity index (χ0n) is 9.13. The third kappa shape index (κ3) is 4.52. The second-order valence-corrected chi connectivity index (χ2v) is 4.49. The van der Waals surface area contributed by atoms with Crippen molar-refractivity contribution >= 4 is 33.5 Å². The Labute approximate surface area is 112 Å². The molecule has 1 aromatic rings. The van der Waals surface area contributed by atoms with Crippen molar-refractivity contribution in [2.75, 3.05) is 13.7 Å². The van der Waals surface area contributed by atoms with Crippen LogP contribution < -0.4 is 4.74 Å². The Morgan fingerprint density at radius 2 is 2.24 bits per heavy atom. The van der Waals surface area contributed by atoms with Gasteiger partial charge in [0.05, 0.1) is 23.2 Å². The lowest BCUT2D eigenvalue weighted by atomic mass is 10.3. The van der Waals surface area contributed by atoms with Crippen molar-refractivity contribution in [1.29, 1.82) is 0 Å². The maximum absolute atomic E-state index is 13.1. The highest BCUT2D eigenvalue weighted by atomic mass is 79.9. The maximum Gasteiger partial charge on any atom is 0.305 e. The highest BCUT2D eigenvalue weighted by Crippen LogP contribution is 2.30. The van der Waals surface area contributed by atoms with Gasteiger partial charge in [0, 0.05) is 12.5 Å². The van der Waals surface area contributed by atoms with Crippen molar-refractivity contribution in [3.05, 3.63) is 27.4 Å². The van der Waals surface area contributed by atoms with Gasteiger partial charge in [-0.2, -0.15) is 0 Å². The second kappa shape index (κ2) is 6.81. The summed E-state index contributed by atoms with van der Waals surface area (Å²) in [5, 5.41) is 0.0267. The zero-order valence-corrected chi connectivity index (χ0v) is 11.5. The van der Waals surface area contributed by atoms with Crippen molar-refractivity contribution in [3.8, 4) is 5.75 Å².